The first-order valence-corrected chi connectivity index (χ1v) is 11.3. The zero-order chi connectivity index (χ0) is 24.1. The van der Waals surface area contributed by atoms with Crippen molar-refractivity contribution in [1.82, 2.24) is 0 Å². The van der Waals surface area contributed by atoms with Gasteiger partial charge in [-0.1, -0.05) is 42.0 Å². The average molecular weight is 456 g/mol. The standard InChI is InChI=1S/C29H29NO4/c1-20-4-6-23(7-5-20)24-8-10-25(11-9-24)30(26-12-16-28(17-13-26)33-21(2)31)27-14-18-29(19-15-27)34-22(3)32/h4-19,21-22,31-32H,1-3H3. The highest BCUT2D eigenvalue weighted by Gasteiger charge is 2.14. The number of aryl methyl sites for hydroxylation is 1. The van der Waals surface area contributed by atoms with E-state index in [0.29, 0.717) is 11.5 Å². The molecule has 0 fully saturated rings. The van der Waals surface area contributed by atoms with Crippen LogP contribution in [0.25, 0.3) is 11.1 Å². The Morgan fingerprint density at radius 1 is 0.529 bits per heavy atom. The molecule has 0 radical (unpaired) electrons. The van der Waals surface area contributed by atoms with E-state index in [1.165, 1.54) is 11.1 Å². The largest absolute Gasteiger partial charge is 0.465 e. The maximum absolute atomic E-state index is 9.50. The number of hydrogen-bond acceptors (Lipinski definition) is 5. The third-order valence-corrected chi connectivity index (χ3v) is 5.31. The topological polar surface area (TPSA) is 62.2 Å². The molecule has 0 aliphatic carbocycles. The Labute approximate surface area is 200 Å². The van der Waals surface area contributed by atoms with E-state index < -0.39 is 12.6 Å². The highest BCUT2D eigenvalue weighted by Crippen LogP contribution is 2.37. The molecule has 4 aromatic carbocycles. The summed E-state index contributed by atoms with van der Waals surface area (Å²) in [7, 11) is 0. The van der Waals surface area contributed by atoms with Crippen LogP contribution in [0.5, 0.6) is 11.5 Å². The summed E-state index contributed by atoms with van der Waals surface area (Å²) in [6, 6.07) is 32.0. The maximum Gasteiger partial charge on any atom is 0.194 e. The fraction of sp³-hybridized carbons (Fsp3) is 0.172. The SMILES string of the molecule is Cc1ccc(-c2ccc(N(c3ccc(OC(C)O)cc3)c3ccc(OC(C)O)cc3)cc2)cc1. The van der Waals surface area contributed by atoms with Crippen LogP contribution in [0, 0.1) is 6.92 Å². The molecule has 0 saturated carbocycles. The van der Waals surface area contributed by atoms with Crippen molar-refractivity contribution in [3.63, 3.8) is 0 Å². The smallest absolute Gasteiger partial charge is 0.194 e. The van der Waals surface area contributed by atoms with Crippen LogP contribution in [0.15, 0.2) is 97.1 Å². The van der Waals surface area contributed by atoms with Gasteiger partial charge in [-0.3, -0.25) is 0 Å². The normalized spacial score (nSPS) is 12.6. The fourth-order valence-electron chi connectivity index (χ4n) is 3.74. The number of benzene rings is 4. The average Bonchev–Trinajstić information content (AvgIpc) is 2.82. The van der Waals surface area contributed by atoms with Gasteiger partial charge in [-0.25, -0.2) is 0 Å². The predicted octanol–water partition coefficient (Wildman–Crippen LogP) is 6.57. The van der Waals surface area contributed by atoms with Gasteiger partial charge < -0.3 is 24.6 Å². The molecule has 0 saturated heterocycles. The summed E-state index contributed by atoms with van der Waals surface area (Å²) in [5, 5.41) is 19.0. The van der Waals surface area contributed by atoms with Crippen LogP contribution in [0.2, 0.25) is 0 Å². The Morgan fingerprint density at radius 3 is 1.21 bits per heavy atom. The predicted molar refractivity (Wildman–Crippen MR) is 136 cm³/mol. The van der Waals surface area contributed by atoms with E-state index in [0.717, 1.165) is 22.6 Å². The van der Waals surface area contributed by atoms with Gasteiger partial charge in [-0.2, -0.15) is 0 Å². The minimum absolute atomic E-state index is 0.592. The van der Waals surface area contributed by atoms with Crippen LogP contribution in [0.1, 0.15) is 19.4 Å². The summed E-state index contributed by atoms with van der Waals surface area (Å²) in [5.74, 6) is 1.18. The molecule has 34 heavy (non-hydrogen) atoms. The molecule has 0 aliphatic rings. The third kappa shape index (κ3) is 5.76. The lowest BCUT2D eigenvalue weighted by atomic mass is 10.0. The molecule has 2 atom stereocenters. The van der Waals surface area contributed by atoms with E-state index in [-0.39, 0.29) is 0 Å². The maximum atomic E-state index is 9.50. The molecule has 2 N–H and O–H groups in total. The number of aliphatic hydroxyl groups excluding tert-OH is 2. The van der Waals surface area contributed by atoms with Gasteiger partial charge in [-0.15, -0.1) is 0 Å². The van der Waals surface area contributed by atoms with Crippen molar-refractivity contribution in [2.45, 2.75) is 33.4 Å². The molecule has 0 heterocycles. The summed E-state index contributed by atoms with van der Waals surface area (Å²) >= 11 is 0. The van der Waals surface area contributed by atoms with Gasteiger partial charge in [0, 0.05) is 17.1 Å². The molecule has 0 spiro atoms. The second kappa shape index (κ2) is 10.4. The van der Waals surface area contributed by atoms with Crippen LogP contribution < -0.4 is 14.4 Å². The minimum atomic E-state index is -0.877. The van der Waals surface area contributed by atoms with Gasteiger partial charge in [-0.05, 0) is 92.6 Å². The van der Waals surface area contributed by atoms with Gasteiger partial charge in [0.1, 0.15) is 11.5 Å². The Morgan fingerprint density at radius 2 is 0.853 bits per heavy atom. The molecule has 5 nitrogen and oxygen atoms in total. The van der Waals surface area contributed by atoms with Crippen LogP contribution in [0.3, 0.4) is 0 Å². The first kappa shape index (κ1) is 23.4. The first-order chi connectivity index (χ1) is 16.4. The number of rotatable bonds is 8. The molecule has 174 valence electrons. The van der Waals surface area contributed by atoms with E-state index >= 15 is 0 Å². The number of hydrogen-bond donors (Lipinski definition) is 2. The van der Waals surface area contributed by atoms with Crippen molar-refractivity contribution in [2.75, 3.05) is 4.90 Å². The summed E-state index contributed by atoms with van der Waals surface area (Å²) < 4.78 is 10.8. The summed E-state index contributed by atoms with van der Waals surface area (Å²) in [4.78, 5) is 2.12. The highest BCUT2D eigenvalue weighted by molar-refractivity contribution is 5.78. The van der Waals surface area contributed by atoms with Gasteiger partial charge in [0.25, 0.3) is 0 Å². The lowest BCUT2D eigenvalue weighted by molar-refractivity contribution is -0.000859. The zero-order valence-corrected chi connectivity index (χ0v) is 19.6. The Balaban J connectivity index is 1.69. The fourth-order valence-corrected chi connectivity index (χ4v) is 3.74. The van der Waals surface area contributed by atoms with E-state index in [9.17, 15) is 10.2 Å². The molecule has 0 aliphatic heterocycles. The molecule has 0 amide bonds. The monoisotopic (exact) mass is 455 g/mol. The van der Waals surface area contributed by atoms with Crippen LogP contribution in [-0.4, -0.2) is 22.8 Å². The molecule has 0 aromatic heterocycles. The minimum Gasteiger partial charge on any atom is -0.465 e. The van der Waals surface area contributed by atoms with Crippen molar-refractivity contribution in [2.24, 2.45) is 0 Å². The van der Waals surface area contributed by atoms with Crippen molar-refractivity contribution in [1.29, 1.82) is 0 Å². The molecule has 2 unspecified atom stereocenters. The quantitative estimate of drug-likeness (QED) is 0.294. The second-order valence-corrected chi connectivity index (χ2v) is 8.17. The molecule has 0 bridgehead atoms. The summed E-state index contributed by atoms with van der Waals surface area (Å²) in [5.41, 5.74) is 6.41. The first-order valence-electron chi connectivity index (χ1n) is 11.3. The van der Waals surface area contributed by atoms with Gasteiger partial charge >= 0.3 is 0 Å². The van der Waals surface area contributed by atoms with E-state index in [2.05, 4.69) is 60.4 Å². The van der Waals surface area contributed by atoms with Gasteiger partial charge in [0.05, 0.1) is 0 Å². The van der Waals surface area contributed by atoms with Crippen molar-refractivity contribution < 1.29 is 19.7 Å². The van der Waals surface area contributed by atoms with Crippen molar-refractivity contribution >= 4 is 17.1 Å². The Kier molecular flexibility index (Phi) is 7.16. The zero-order valence-electron chi connectivity index (χ0n) is 19.6. The van der Waals surface area contributed by atoms with Crippen molar-refractivity contribution in [3.05, 3.63) is 103 Å². The van der Waals surface area contributed by atoms with Crippen LogP contribution >= 0.6 is 0 Å². The number of ether oxygens (including phenoxy) is 2. The molecular formula is C29H29NO4. The second-order valence-electron chi connectivity index (χ2n) is 8.17. The van der Waals surface area contributed by atoms with Gasteiger partial charge in [0.2, 0.25) is 0 Å². The summed E-state index contributed by atoms with van der Waals surface area (Å²) in [6.07, 6.45) is -1.75. The Hall–Kier alpha value is -3.80. The molecular weight excluding hydrogens is 426 g/mol. The lowest BCUT2D eigenvalue weighted by Gasteiger charge is -2.26. The van der Waals surface area contributed by atoms with E-state index in [1.54, 1.807) is 13.8 Å². The van der Waals surface area contributed by atoms with E-state index in [1.807, 2.05) is 48.5 Å². The Bertz CT molecular complexity index is 1130. The summed E-state index contributed by atoms with van der Waals surface area (Å²) in [6.45, 7) is 5.24. The van der Waals surface area contributed by atoms with Gasteiger partial charge in [0.15, 0.2) is 12.6 Å². The molecule has 4 rings (SSSR count). The third-order valence-electron chi connectivity index (χ3n) is 5.31. The number of anilines is 3. The molecule has 4 aromatic rings. The van der Waals surface area contributed by atoms with E-state index in [4.69, 9.17) is 9.47 Å². The van der Waals surface area contributed by atoms with Crippen LogP contribution in [-0.2, 0) is 0 Å². The molecule has 5 heteroatoms. The van der Waals surface area contributed by atoms with Crippen molar-refractivity contribution in [3.8, 4) is 22.6 Å². The number of aliphatic hydroxyl groups is 2. The van der Waals surface area contributed by atoms with Crippen LogP contribution in [0.4, 0.5) is 17.1 Å². The highest BCUT2D eigenvalue weighted by atomic mass is 16.6. The lowest BCUT2D eigenvalue weighted by Crippen LogP contribution is -2.12. The number of nitrogens with zero attached hydrogens (tertiary/aromatic N) is 1.